The van der Waals surface area contributed by atoms with Gasteiger partial charge in [0.15, 0.2) is 6.10 Å². The minimum atomic E-state index is -0.493. The number of amides is 1. The van der Waals surface area contributed by atoms with Crippen molar-refractivity contribution in [3.05, 3.63) is 65.2 Å². The summed E-state index contributed by atoms with van der Waals surface area (Å²) >= 11 is 0. The van der Waals surface area contributed by atoms with Crippen LogP contribution in [0.5, 0.6) is 5.75 Å². The molecule has 3 heteroatoms. The van der Waals surface area contributed by atoms with Crippen LogP contribution in [0.15, 0.2) is 48.5 Å². The Labute approximate surface area is 157 Å². The Balaban J connectivity index is 2.02. The summed E-state index contributed by atoms with van der Waals surface area (Å²) in [7, 11) is 0. The highest BCUT2D eigenvalue weighted by atomic mass is 16.5. The topological polar surface area (TPSA) is 38.3 Å². The summed E-state index contributed by atoms with van der Waals surface area (Å²) in [6, 6.07) is 16.2. The van der Waals surface area contributed by atoms with Gasteiger partial charge in [0.1, 0.15) is 5.75 Å². The van der Waals surface area contributed by atoms with Gasteiger partial charge in [-0.2, -0.15) is 0 Å². The maximum atomic E-state index is 12.6. The maximum Gasteiger partial charge on any atom is 0.261 e. The fraction of sp³-hybridized carbons (Fsp3) is 0.435. The molecule has 2 aromatic rings. The smallest absolute Gasteiger partial charge is 0.261 e. The first kappa shape index (κ1) is 20.0. The van der Waals surface area contributed by atoms with E-state index in [1.165, 1.54) is 5.56 Å². The number of benzene rings is 2. The quantitative estimate of drug-likeness (QED) is 0.762. The molecule has 0 unspecified atom stereocenters. The molecule has 0 saturated carbocycles. The van der Waals surface area contributed by atoms with Crippen LogP contribution in [0.3, 0.4) is 0 Å². The molecule has 0 aliphatic rings. The summed E-state index contributed by atoms with van der Waals surface area (Å²) in [6.07, 6.45) is 0.128. The molecule has 3 nitrogen and oxygen atoms in total. The highest BCUT2D eigenvalue weighted by Crippen LogP contribution is 2.24. The summed E-state index contributed by atoms with van der Waals surface area (Å²) in [4.78, 5) is 12.6. The van der Waals surface area contributed by atoms with Crippen molar-refractivity contribution >= 4 is 5.91 Å². The molecule has 0 fully saturated rings. The zero-order valence-electron chi connectivity index (χ0n) is 16.8. The lowest BCUT2D eigenvalue weighted by atomic mass is 9.86. The van der Waals surface area contributed by atoms with Gasteiger partial charge in [-0.05, 0) is 54.5 Å². The molecule has 2 rings (SSSR count). The molecule has 0 aromatic heterocycles. The van der Waals surface area contributed by atoms with E-state index < -0.39 is 6.10 Å². The first-order valence-corrected chi connectivity index (χ1v) is 9.35. The average Bonchev–Trinajstić information content (AvgIpc) is 2.59. The molecule has 0 heterocycles. The van der Waals surface area contributed by atoms with Crippen molar-refractivity contribution < 1.29 is 9.53 Å². The largest absolute Gasteiger partial charge is 0.481 e. The normalized spacial score (nSPS) is 13.8. The SMILES string of the molecule is CC[C@H](Oc1cccc(C)c1)C(=O)N[C@@H](C)c1ccc(C(C)(C)C)cc1. The Morgan fingerprint density at radius 3 is 2.31 bits per heavy atom. The first-order chi connectivity index (χ1) is 12.2. The minimum Gasteiger partial charge on any atom is -0.481 e. The fourth-order valence-electron chi connectivity index (χ4n) is 2.84. The number of aryl methyl sites for hydroxylation is 1. The zero-order valence-corrected chi connectivity index (χ0v) is 16.8. The molecular weight excluding hydrogens is 322 g/mol. The van der Waals surface area contributed by atoms with Gasteiger partial charge in [0, 0.05) is 0 Å². The van der Waals surface area contributed by atoms with Crippen LogP contribution in [0, 0.1) is 6.92 Å². The highest BCUT2D eigenvalue weighted by molar-refractivity contribution is 5.81. The van der Waals surface area contributed by atoms with Crippen molar-refractivity contribution in [1.29, 1.82) is 0 Å². The Morgan fingerprint density at radius 1 is 1.12 bits per heavy atom. The molecule has 0 spiro atoms. The van der Waals surface area contributed by atoms with Crippen molar-refractivity contribution in [1.82, 2.24) is 5.32 Å². The molecule has 1 N–H and O–H groups in total. The third kappa shape index (κ3) is 5.35. The number of hydrogen-bond acceptors (Lipinski definition) is 2. The van der Waals surface area contributed by atoms with Crippen LogP contribution in [0.2, 0.25) is 0 Å². The zero-order chi connectivity index (χ0) is 19.3. The molecular formula is C23H31NO2. The van der Waals surface area contributed by atoms with Crippen molar-refractivity contribution in [3.8, 4) is 5.75 Å². The Morgan fingerprint density at radius 2 is 1.77 bits per heavy atom. The Bertz CT molecular complexity index is 729. The average molecular weight is 354 g/mol. The van der Waals surface area contributed by atoms with Crippen molar-refractivity contribution in [2.75, 3.05) is 0 Å². The second kappa shape index (κ2) is 8.39. The maximum absolute atomic E-state index is 12.6. The van der Waals surface area contributed by atoms with E-state index in [9.17, 15) is 4.79 Å². The molecule has 0 radical (unpaired) electrons. The van der Waals surface area contributed by atoms with E-state index in [0.717, 1.165) is 16.9 Å². The van der Waals surface area contributed by atoms with Crippen LogP contribution >= 0.6 is 0 Å². The number of hydrogen-bond donors (Lipinski definition) is 1. The summed E-state index contributed by atoms with van der Waals surface area (Å²) in [5, 5.41) is 3.08. The van der Waals surface area contributed by atoms with Gasteiger partial charge >= 0.3 is 0 Å². The predicted octanol–water partition coefficient (Wildman–Crippen LogP) is 5.33. The van der Waals surface area contributed by atoms with Crippen LogP contribution in [0.4, 0.5) is 0 Å². The fourth-order valence-corrected chi connectivity index (χ4v) is 2.84. The lowest BCUT2D eigenvalue weighted by Crippen LogP contribution is -2.39. The van der Waals surface area contributed by atoms with Gasteiger partial charge in [0.25, 0.3) is 5.91 Å². The summed E-state index contributed by atoms with van der Waals surface area (Å²) in [5.41, 5.74) is 3.62. The van der Waals surface area contributed by atoms with E-state index in [1.807, 2.05) is 45.0 Å². The first-order valence-electron chi connectivity index (χ1n) is 9.35. The number of carbonyl (C=O) groups is 1. The van der Waals surface area contributed by atoms with E-state index in [4.69, 9.17) is 4.74 Å². The van der Waals surface area contributed by atoms with E-state index >= 15 is 0 Å². The number of rotatable bonds is 6. The van der Waals surface area contributed by atoms with Gasteiger partial charge < -0.3 is 10.1 Å². The summed E-state index contributed by atoms with van der Waals surface area (Å²) < 4.78 is 5.89. The second-order valence-electron chi connectivity index (χ2n) is 7.93. The van der Waals surface area contributed by atoms with Gasteiger partial charge in [-0.15, -0.1) is 0 Å². The van der Waals surface area contributed by atoms with Gasteiger partial charge in [-0.25, -0.2) is 0 Å². The number of nitrogens with one attached hydrogen (secondary N) is 1. The van der Waals surface area contributed by atoms with Crippen LogP contribution in [0.1, 0.15) is 63.8 Å². The van der Waals surface area contributed by atoms with Gasteiger partial charge in [-0.1, -0.05) is 64.1 Å². The van der Waals surface area contributed by atoms with Gasteiger partial charge in [0.2, 0.25) is 0 Å². The van der Waals surface area contributed by atoms with Crippen molar-refractivity contribution in [2.24, 2.45) is 0 Å². The standard InChI is InChI=1S/C23H31NO2/c1-7-21(26-20-10-8-9-16(2)15-20)22(25)24-17(3)18-11-13-19(14-12-18)23(4,5)6/h8-15,17,21H,7H2,1-6H3,(H,24,25)/t17-,21-/m0/s1. The molecule has 26 heavy (non-hydrogen) atoms. The summed E-state index contributed by atoms with van der Waals surface area (Å²) in [5.74, 6) is 0.649. The molecule has 0 aliphatic heterocycles. The lowest BCUT2D eigenvalue weighted by Gasteiger charge is -2.22. The Kier molecular flexibility index (Phi) is 6.47. The predicted molar refractivity (Wildman–Crippen MR) is 108 cm³/mol. The van der Waals surface area contributed by atoms with Gasteiger partial charge in [-0.3, -0.25) is 4.79 Å². The minimum absolute atomic E-state index is 0.0633. The van der Waals surface area contributed by atoms with E-state index in [0.29, 0.717) is 6.42 Å². The summed E-state index contributed by atoms with van der Waals surface area (Å²) in [6.45, 7) is 12.6. The molecule has 0 saturated heterocycles. The van der Waals surface area contributed by atoms with E-state index in [-0.39, 0.29) is 17.4 Å². The molecule has 0 aliphatic carbocycles. The molecule has 0 bridgehead atoms. The van der Waals surface area contributed by atoms with E-state index in [1.54, 1.807) is 0 Å². The lowest BCUT2D eigenvalue weighted by molar-refractivity contribution is -0.128. The third-order valence-corrected chi connectivity index (χ3v) is 4.57. The Hall–Kier alpha value is -2.29. The van der Waals surface area contributed by atoms with Gasteiger partial charge in [0.05, 0.1) is 6.04 Å². The van der Waals surface area contributed by atoms with Crippen molar-refractivity contribution in [3.63, 3.8) is 0 Å². The molecule has 2 aromatic carbocycles. The number of ether oxygens (including phenoxy) is 1. The molecule has 1 amide bonds. The van der Waals surface area contributed by atoms with Crippen LogP contribution in [-0.2, 0) is 10.2 Å². The molecule has 2 atom stereocenters. The van der Waals surface area contributed by atoms with Crippen LogP contribution < -0.4 is 10.1 Å². The van der Waals surface area contributed by atoms with E-state index in [2.05, 4.69) is 50.4 Å². The highest BCUT2D eigenvalue weighted by Gasteiger charge is 2.21. The second-order valence-corrected chi connectivity index (χ2v) is 7.93. The third-order valence-electron chi connectivity index (χ3n) is 4.57. The molecule has 140 valence electrons. The van der Waals surface area contributed by atoms with Crippen molar-refractivity contribution in [2.45, 2.75) is 65.5 Å². The monoisotopic (exact) mass is 353 g/mol. The number of carbonyl (C=O) groups excluding carboxylic acids is 1. The van der Waals surface area contributed by atoms with Crippen LogP contribution in [-0.4, -0.2) is 12.0 Å². The van der Waals surface area contributed by atoms with Crippen LogP contribution in [0.25, 0.3) is 0 Å².